The zero-order valence-corrected chi connectivity index (χ0v) is 13.9. The van der Waals surface area contributed by atoms with Gasteiger partial charge in [0.05, 0.1) is 9.93 Å². The molecule has 2 aromatic rings. The normalized spacial score (nSPS) is 15.7. The molecule has 0 saturated carbocycles. The first-order chi connectivity index (χ1) is 11.5. The van der Waals surface area contributed by atoms with Crippen LogP contribution in [0.3, 0.4) is 0 Å². The first-order valence-electron chi connectivity index (χ1n) is 6.97. The summed E-state index contributed by atoms with van der Waals surface area (Å²) in [7, 11) is 0. The van der Waals surface area contributed by atoms with E-state index in [-0.39, 0.29) is 23.5 Å². The van der Waals surface area contributed by atoms with Gasteiger partial charge in [0, 0.05) is 5.56 Å². The zero-order valence-electron chi connectivity index (χ0n) is 12.3. The predicted octanol–water partition coefficient (Wildman–Crippen LogP) is 3.99. The van der Waals surface area contributed by atoms with Gasteiger partial charge in [-0.3, -0.25) is 4.79 Å². The largest absolute Gasteiger partial charge is 0.487 e. The topological polar surface area (TPSA) is 64.7 Å². The van der Waals surface area contributed by atoms with Gasteiger partial charge >= 0.3 is 0 Å². The molecule has 3 rings (SSSR count). The Morgan fingerprint density at radius 1 is 1.29 bits per heavy atom. The molecule has 1 heterocycles. The van der Waals surface area contributed by atoms with Crippen LogP contribution in [0.5, 0.6) is 5.75 Å². The Morgan fingerprint density at radius 3 is 2.75 bits per heavy atom. The molecular weight excluding hydrogens is 351 g/mol. The SMILES string of the molecule is NC1=NC(=O)C(=Cc2ccc(OCc3ccccc3F)c(Cl)c2)S1. The lowest BCUT2D eigenvalue weighted by Gasteiger charge is -2.09. The number of ether oxygens (including phenoxy) is 1. The van der Waals surface area contributed by atoms with E-state index in [0.717, 1.165) is 17.3 Å². The number of nitrogens with zero attached hydrogens (tertiary/aromatic N) is 1. The number of amidine groups is 1. The number of halogens is 2. The summed E-state index contributed by atoms with van der Waals surface area (Å²) in [6, 6.07) is 11.5. The van der Waals surface area contributed by atoms with Crippen molar-refractivity contribution >= 4 is 40.5 Å². The third-order valence-electron chi connectivity index (χ3n) is 3.23. The van der Waals surface area contributed by atoms with Crippen LogP contribution >= 0.6 is 23.4 Å². The van der Waals surface area contributed by atoms with E-state index < -0.39 is 0 Å². The van der Waals surface area contributed by atoms with E-state index in [1.807, 2.05) is 0 Å². The lowest BCUT2D eigenvalue weighted by atomic mass is 10.2. The number of benzene rings is 2. The molecule has 0 atom stereocenters. The molecule has 1 amide bonds. The van der Waals surface area contributed by atoms with E-state index in [9.17, 15) is 9.18 Å². The number of hydrogen-bond acceptors (Lipinski definition) is 4. The monoisotopic (exact) mass is 362 g/mol. The Morgan fingerprint density at radius 2 is 2.08 bits per heavy atom. The van der Waals surface area contributed by atoms with Crippen molar-refractivity contribution in [1.82, 2.24) is 0 Å². The fourth-order valence-corrected chi connectivity index (χ4v) is 3.00. The molecule has 7 heteroatoms. The number of carbonyl (C=O) groups is 1. The van der Waals surface area contributed by atoms with Crippen LogP contribution in [0.4, 0.5) is 4.39 Å². The smallest absolute Gasteiger partial charge is 0.286 e. The van der Waals surface area contributed by atoms with Crippen LogP contribution in [0.15, 0.2) is 52.4 Å². The second kappa shape index (κ2) is 7.07. The van der Waals surface area contributed by atoms with Crippen molar-refractivity contribution in [2.75, 3.05) is 0 Å². The van der Waals surface area contributed by atoms with Crippen molar-refractivity contribution in [2.24, 2.45) is 10.7 Å². The van der Waals surface area contributed by atoms with Crippen LogP contribution in [0, 0.1) is 5.82 Å². The number of nitrogens with two attached hydrogens (primary N) is 1. The second-order valence-electron chi connectivity index (χ2n) is 4.94. The molecule has 0 radical (unpaired) electrons. The fraction of sp³-hybridized carbons (Fsp3) is 0.0588. The Balaban J connectivity index is 1.73. The van der Waals surface area contributed by atoms with Crippen molar-refractivity contribution in [1.29, 1.82) is 0 Å². The summed E-state index contributed by atoms with van der Waals surface area (Å²) in [4.78, 5) is 15.7. The minimum Gasteiger partial charge on any atom is -0.487 e. The molecule has 1 aliphatic heterocycles. The minimum absolute atomic E-state index is 0.0749. The van der Waals surface area contributed by atoms with E-state index in [1.54, 1.807) is 42.5 Å². The molecule has 0 spiro atoms. The van der Waals surface area contributed by atoms with Gasteiger partial charge in [-0.25, -0.2) is 4.39 Å². The highest BCUT2D eigenvalue weighted by atomic mass is 35.5. The minimum atomic E-state index is -0.367. The van der Waals surface area contributed by atoms with Gasteiger partial charge in [-0.2, -0.15) is 4.99 Å². The third kappa shape index (κ3) is 3.77. The van der Waals surface area contributed by atoms with Crippen molar-refractivity contribution < 1.29 is 13.9 Å². The number of rotatable bonds is 4. The van der Waals surface area contributed by atoms with Crippen LogP contribution in [-0.4, -0.2) is 11.1 Å². The predicted molar refractivity (Wildman–Crippen MR) is 94.4 cm³/mol. The summed E-state index contributed by atoms with van der Waals surface area (Å²) < 4.78 is 19.1. The highest BCUT2D eigenvalue weighted by molar-refractivity contribution is 8.18. The Hall–Kier alpha value is -2.31. The van der Waals surface area contributed by atoms with E-state index in [1.165, 1.54) is 6.07 Å². The summed E-state index contributed by atoms with van der Waals surface area (Å²) in [5.74, 6) is -0.263. The number of aliphatic imine (C=N–C) groups is 1. The maximum atomic E-state index is 13.6. The first-order valence-corrected chi connectivity index (χ1v) is 8.16. The molecule has 4 nitrogen and oxygen atoms in total. The molecular formula is C17H12ClFN2O2S. The van der Waals surface area contributed by atoms with Crippen molar-refractivity contribution in [3.63, 3.8) is 0 Å². The fourth-order valence-electron chi connectivity index (χ4n) is 2.07. The Kier molecular flexibility index (Phi) is 4.87. The number of thioether (sulfide) groups is 1. The van der Waals surface area contributed by atoms with Gasteiger partial charge < -0.3 is 10.5 Å². The van der Waals surface area contributed by atoms with Crippen LogP contribution in [0.1, 0.15) is 11.1 Å². The maximum absolute atomic E-state index is 13.6. The molecule has 2 N–H and O–H groups in total. The standard InChI is InChI=1S/C17H12ClFN2O2S/c18-12-7-10(8-15-16(22)21-17(20)24-15)5-6-14(12)23-9-11-3-1-2-4-13(11)19/h1-8H,9H2,(H2,20,21,22). The third-order valence-corrected chi connectivity index (χ3v) is 4.34. The molecule has 0 aliphatic carbocycles. The van der Waals surface area contributed by atoms with E-state index >= 15 is 0 Å². The summed E-state index contributed by atoms with van der Waals surface area (Å²) >= 11 is 7.30. The molecule has 0 fully saturated rings. The van der Waals surface area contributed by atoms with Crippen molar-refractivity contribution in [3.05, 3.63) is 69.3 Å². The number of amides is 1. The van der Waals surface area contributed by atoms with Gasteiger partial charge in [-0.15, -0.1) is 0 Å². The Labute approximate surface area is 147 Å². The number of carbonyl (C=O) groups excluding carboxylic acids is 1. The van der Waals surface area contributed by atoms with E-state index in [0.29, 0.717) is 21.2 Å². The lowest BCUT2D eigenvalue weighted by Crippen LogP contribution is -2.01. The Bertz CT molecular complexity index is 867. The summed E-state index contributed by atoms with van der Waals surface area (Å²) in [6.45, 7) is 0.0749. The second-order valence-corrected chi connectivity index (χ2v) is 6.41. The molecule has 122 valence electrons. The maximum Gasteiger partial charge on any atom is 0.286 e. The molecule has 1 aliphatic rings. The molecule has 0 unspecified atom stereocenters. The van der Waals surface area contributed by atoms with Crippen molar-refractivity contribution in [3.8, 4) is 5.75 Å². The molecule has 0 saturated heterocycles. The van der Waals surface area contributed by atoms with Gasteiger partial charge in [-0.05, 0) is 41.6 Å². The van der Waals surface area contributed by atoms with Gasteiger partial charge in [0.1, 0.15) is 18.2 Å². The van der Waals surface area contributed by atoms with Gasteiger partial charge in [0.15, 0.2) is 5.17 Å². The average molecular weight is 363 g/mol. The highest BCUT2D eigenvalue weighted by Crippen LogP contribution is 2.30. The molecule has 24 heavy (non-hydrogen) atoms. The van der Waals surface area contributed by atoms with Gasteiger partial charge in [-0.1, -0.05) is 35.9 Å². The first kappa shape index (κ1) is 16.5. The van der Waals surface area contributed by atoms with E-state index in [2.05, 4.69) is 4.99 Å². The van der Waals surface area contributed by atoms with Crippen LogP contribution < -0.4 is 10.5 Å². The summed E-state index contributed by atoms with van der Waals surface area (Å²) in [5.41, 5.74) is 6.67. The van der Waals surface area contributed by atoms with E-state index in [4.69, 9.17) is 22.1 Å². The average Bonchev–Trinajstić information content (AvgIpc) is 2.85. The summed E-state index contributed by atoms with van der Waals surface area (Å²) in [6.07, 6.45) is 1.66. The quantitative estimate of drug-likeness (QED) is 0.835. The molecule has 0 bridgehead atoms. The number of hydrogen-bond donors (Lipinski definition) is 1. The lowest BCUT2D eigenvalue weighted by molar-refractivity contribution is -0.113. The highest BCUT2D eigenvalue weighted by Gasteiger charge is 2.19. The van der Waals surface area contributed by atoms with Crippen LogP contribution in [0.25, 0.3) is 6.08 Å². The van der Waals surface area contributed by atoms with Gasteiger partial charge in [0.2, 0.25) is 0 Å². The molecule has 0 aromatic heterocycles. The zero-order chi connectivity index (χ0) is 17.1. The summed E-state index contributed by atoms with van der Waals surface area (Å²) in [5, 5.41) is 0.590. The van der Waals surface area contributed by atoms with Crippen molar-refractivity contribution in [2.45, 2.75) is 6.61 Å². The molecule has 2 aromatic carbocycles. The van der Waals surface area contributed by atoms with Gasteiger partial charge in [0.25, 0.3) is 5.91 Å². The van der Waals surface area contributed by atoms with Crippen LogP contribution in [-0.2, 0) is 11.4 Å². The van der Waals surface area contributed by atoms with Crippen LogP contribution in [0.2, 0.25) is 5.02 Å².